The molecule has 0 bridgehead atoms. The molecule has 1 aromatic rings. The minimum atomic E-state index is 0.300. The van der Waals surface area contributed by atoms with Crippen LogP contribution in [0.15, 0.2) is 17.1 Å². The van der Waals surface area contributed by atoms with E-state index in [2.05, 4.69) is 15.6 Å². The van der Waals surface area contributed by atoms with Crippen LogP contribution in [0, 0.1) is 5.41 Å². The summed E-state index contributed by atoms with van der Waals surface area (Å²) in [6.07, 6.45) is 6.14. The van der Waals surface area contributed by atoms with Gasteiger partial charge < -0.3 is 29.6 Å². The second-order valence-electron chi connectivity index (χ2n) is 7.22. The minimum absolute atomic E-state index is 0.300. The Balaban J connectivity index is 2.00. The number of benzene rings is 1. The fraction of sp³-hybridized carbons (Fsp3) is 0.667. The van der Waals surface area contributed by atoms with Gasteiger partial charge in [0.2, 0.25) is 5.75 Å². The number of methoxy groups -OCH3 is 4. The molecule has 0 amide bonds. The Morgan fingerprint density at radius 3 is 2.29 bits per heavy atom. The van der Waals surface area contributed by atoms with E-state index in [9.17, 15) is 0 Å². The molecule has 2 rings (SSSR count). The van der Waals surface area contributed by atoms with Crippen molar-refractivity contribution in [1.82, 2.24) is 10.6 Å². The van der Waals surface area contributed by atoms with E-state index in [0.717, 1.165) is 31.1 Å². The number of guanidine groups is 1. The molecule has 0 radical (unpaired) electrons. The molecule has 1 aromatic carbocycles. The van der Waals surface area contributed by atoms with Crippen LogP contribution < -0.4 is 24.8 Å². The van der Waals surface area contributed by atoms with Gasteiger partial charge in [-0.3, -0.25) is 4.99 Å². The highest BCUT2D eigenvalue weighted by atomic mass is 16.5. The highest BCUT2D eigenvalue weighted by Gasteiger charge is 2.33. The van der Waals surface area contributed by atoms with Crippen molar-refractivity contribution in [3.63, 3.8) is 0 Å². The summed E-state index contributed by atoms with van der Waals surface area (Å²) in [5.41, 5.74) is 1.27. The molecule has 0 unspecified atom stereocenters. The Morgan fingerprint density at radius 1 is 1.00 bits per heavy atom. The average Bonchev–Trinajstić information content (AvgIpc) is 3.20. The van der Waals surface area contributed by atoms with E-state index in [1.54, 1.807) is 35.5 Å². The molecule has 28 heavy (non-hydrogen) atoms. The summed E-state index contributed by atoms with van der Waals surface area (Å²) in [7, 11) is 8.42. The summed E-state index contributed by atoms with van der Waals surface area (Å²) in [5.74, 6) is 2.68. The third-order valence-electron chi connectivity index (χ3n) is 5.59. The molecule has 0 aliphatic heterocycles. The number of nitrogens with one attached hydrogen (secondary N) is 2. The molecule has 158 valence electrons. The van der Waals surface area contributed by atoms with Crippen molar-refractivity contribution in [2.75, 3.05) is 48.6 Å². The average molecular weight is 394 g/mol. The van der Waals surface area contributed by atoms with Gasteiger partial charge in [-0.1, -0.05) is 12.8 Å². The lowest BCUT2D eigenvalue weighted by Crippen LogP contribution is -2.43. The normalized spacial score (nSPS) is 16.0. The lowest BCUT2D eigenvalue weighted by atomic mass is 9.83. The summed E-state index contributed by atoms with van der Waals surface area (Å²) in [4.78, 5) is 4.37. The Hall–Kier alpha value is -2.15. The predicted octanol–water partition coefficient (Wildman–Crippen LogP) is 2.97. The van der Waals surface area contributed by atoms with Crippen LogP contribution in [0.2, 0.25) is 0 Å². The maximum absolute atomic E-state index is 5.56. The quantitative estimate of drug-likeness (QED) is 0.470. The van der Waals surface area contributed by atoms with Gasteiger partial charge in [-0.25, -0.2) is 0 Å². The van der Waals surface area contributed by atoms with Crippen molar-refractivity contribution in [3.8, 4) is 17.2 Å². The van der Waals surface area contributed by atoms with Gasteiger partial charge in [0.1, 0.15) is 0 Å². The maximum atomic E-state index is 5.56. The molecular weight excluding hydrogens is 358 g/mol. The van der Waals surface area contributed by atoms with Gasteiger partial charge in [0.15, 0.2) is 17.5 Å². The molecule has 7 nitrogen and oxygen atoms in total. The molecule has 0 aromatic heterocycles. The smallest absolute Gasteiger partial charge is 0.203 e. The Kier molecular flexibility index (Phi) is 8.70. The standard InChI is InChI=1S/C21H35N3O4/c1-22-20(24-15-21(12-13-25-2)10-6-7-11-21)23-14-16-8-9-17(26-3)19(28-5)18(16)27-4/h8-9H,6-7,10-15H2,1-5H3,(H2,22,23,24). The first-order valence-corrected chi connectivity index (χ1v) is 9.84. The van der Waals surface area contributed by atoms with Gasteiger partial charge >= 0.3 is 0 Å². The highest BCUT2D eigenvalue weighted by Crippen LogP contribution is 2.41. The molecule has 0 saturated heterocycles. The van der Waals surface area contributed by atoms with E-state index >= 15 is 0 Å². The van der Waals surface area contributed by atoms with Crippen LogP contribution in [0.1, 0.15) is 37.7 Å². The first kappa shape index (κ1) is 22.1. The Bertz CT molecular complexity index is 643. The summed E-state index contributed by atoms with van der Waals surface area (Å²) in [6.45, 7) is 2.27. The van der Waals surface area contributed by atoms with Crippen molar-refractivity contribution in [2.24, 2.45) is 10.4 Å². The summed E-state index contributed by atoms with van der Waals surface area (Å²) in [5, 5.41) is 6.88. The number of aliphatic imine (C=N–C) groups is 1. The van der Waals surface area contributed by atoms with Crippen molar-refractivity contribution in [2.45, 2.75) is 38.6 Å². The van der Waals surface area contributed by atoms with E-state index in [0.29, 0.717) is 29.2 Å². The zero-order valence-corrected chi connectivity index (χ0v) is 17.9. The van der Waals surface area contributed by atoms with Gasteiger partial charge in [-0.2, -0.15) is 0 Å². The van der Waals surface area contributed by atoms with Gasteiger partial charge in [0.25, 0.3) is 0 Å². The zero-order chi connectivity index (χ0) is 20.4. The first-order valence-electron chi connectivity index (χ1n) is 9.84. The van der Waals surface area contributed by atoms with E-state index < -0.39 is 0 Å². The lowest BCUT2D eigenvalue weighted by Gasteiger charge is -2.30. The summed E-state index contributed by atoms with van der Waals surface area (Å²) in [6, 6.07) is 3.85. The molecule has 1 aliphatic carbocycles. The van der Waals surface area contributed by atoms with Crippen LogP contribution in [-0.2, 0) is 11.3 Å². The van der Waals surface area contributed by atoms with E-state index in [4.69, 9.17) is 18.9 Å². The molecular formula is C21H35N3O4. The molecule has 1 aliphatic rings. The number of nitrogens with zero attached hydrogens (tertiary/aromatic N) is 1. The molecule has 1 fully saturated rings. The highest BCUT2D eigenvalue weighted by molar-refractivity contribution is 5.79. The van der Waals surface area contributed by atoms with Crippen LogP contribution in [0.5, 0.6) is 17.2 Å². The van der Waals surface area contributed by atoms with Crippen molar-refractivity contribution >= 4 is 5.96 Å². The van der Waals surface area contributed by atoms with E-state index in [1.807, 2.05) is 12.1 Å². The second kappa shape index (κ2) is 11.0. The molecule has 2 N–H and O–H groups in total. The lowest BCUT2D eigenvalue weighted by molar-refractivity contribution is 0.138. The Morgan fingerprint density at radius 2 is 1.71 bits per heavy atom. The zero-order valence-electron chi connectivity index (χ0n) is 17.9. The van der Waals surface area contributed by atoms with Gasteiger partial charge in [-0.15, -0.1) is 0 Å². The second-order valence-corrected chi connectivity index (χ2v) is 7.22. The molecule has 1 saturated carbocycles. The van der Waals surface area contributed by atoms with E-state index in [-0.39, 0.29) is 0 Å². The molecule has 0 spiro atoms. The topological polar surface area (TPSA) is 73.3 Å². The van der Waals surface area contributed by atoms with E-state index in [1.165, 1.54) is 25.7 Å². The minimum Gasteiger partial charge on any atom is -0.493 e. The van der Waals surface area contributed by atoms with Gasteiger partial charge in [-0.05, 0) is 36.8 Å². The van der Waals surface area contributed by atoms with Crippen LogP contribution in [0.4, 0.5) is 0 Å². The van der Waals surface area contributed by atoms with Crippen molar-refractivity contribution < 1.29 is 18.9 Å². The largest absolute Gasteiger partial charge is 0.493 e. The van der Waals surface area contributed by atoms with Crippen LogP contribution in [-0.4, -0.2) is 54.6 Å². The van der Waals surface area contributed by atoms with Crippen molar-refractivity contribution in [3.05, 3.63) is 17.7 Å². The predicted molar refractivity (Wildman–Crippen MR) is 112 cm³/mol. The molecule has 0 heterocycles. The van der Waals surface area contributed by atoms with Crippen LogP contribution in [0.25, 0.3) is 0 Å². The third kappa shape index (κ3) is 5.44. The van der Waals surface area contributed by atoms with Crippen LogP contribution in [0.3, 0.4) is 0 Å². The third-order valence-corrected chi connectivity index (χ3v) is 5.59. The maximum Gasteiger partial charge on any atom is 0.203 e. The SMILES string of the molecule is CN=C(NCc1ccc(OC)c(OC)c1OC)NCC1(CCOC)CCCC1. The first-order chi connectivity index (χ1) is 13.6. The fourth-order valence-electron chi connectivity index (χ4n) is 3.93. The number of rotatable bonds is 10. The van der Waals surface area contributed by atoms with Crippen LogP contribution >= 0.6 is 0 Å². The van der Waals surface area contributed by atoms with Gasteiger partial charge in [0.05, 0.1) is 21.3 Å². The van der Waals surface area contributed by atoms with Crippen molar-refractivity contribution in [1.29, 1.82) is 0 Å². The monoisotopic (exact) mass is 393 g/mol. The number of hydrogen-bond acceptors (Lipinski definition) is 5. The molecule has 0 atom stereocenters. The number of hydrogen-bond donors (Lipinski definition) is 2. The number of ether oxygens (including phenoxy) is 4. The summed E-state index contributed by atoms with van der Waals surface area (Å²) >= 11 is 0. The fourth-order valence-corrected chi connectivity index (χ4v) is 3.93. The molecule has 7 heteroatoms. The Labute approximate surface area is 168 Å². The van der Waals surface area contributed by atoms with Gasteiger partial charge in [0, 0.05) is 39.4 Å². The summed E-state index contributed by atoms with van der Waals surface area (Å²) < 4.78 is 21.7.